The van der Waals surface area contributed by atoms with Gasteiger partial charge >= 0.3 is 12.0 Å². The van der Waals surface area contributed by atoms with Gasteiger partial charge in [-0.1, -0.05) is 30.3 Å². The van der Waals surface area contributed by atoms with Crippen LogP contribution in [-0.4, -0.2) is 24.0 Å². The van der Waals surface area contributed by atoms with Crippen molar-refractivity contribution in [1.82, 2.24) is 5.32 Å². The second-order valence-electron chi connectivity index (χ2n) is 5.90. The van der Waals surface area contributed by atoms with Crippen LogP contribution in [0.25, 0.3) is 0 Å². The molecule has 3 rings (SSSR count). The highest BCUT2D eigenvalue weighted by molar-refractivity contribution is 6.03. The Morgan fingerprint density at radius 2 is 1.89 bits per heavy atom. The van der Waals surface area contributed by atoms with Gasteiger partial charge in [-0.15, -0.1) is 0 Å². The van der Waals surface area contributed by atoms with Crippen LogP contribution in [0.2, 0.25) is 0 Å². The van der Waals surface area contributed by atoms with Gasteiger partial charge in [0.1, 0.15) is 0 Å². The quantitative estimate of drug-likeness (QED) is 0.507. The third-order valence-electron chi connectivity index (χ3n) is 4.32. The van der Waals surface area contributed by atoms with E-state index in [2.05, 4.69) is 5.32 Å². The lowest BCUT2D eigenvalue weighted by molar-refractivity contribution is -0.384. The summed E-state index contributed by atoms with van der Waals surface area (Å²) in [4.78, 5) is 37.2. The maximum absolute atomic E-state index is 12.8. The number of allylic oxidation sites excluding steroid dienone is 1. The molecule has 1 aliphatic rings. The second kappa shape index (κ2) is 7.28. The maximum Gasteiger partial charge on any atom is 0.337 e. The average Bonchev–Trinajstić information content (AvgIpc) is 2.68. The van der Waals surface area contributed by atoms with Crippen molar-refractivity contribution in [2.45, 2.75) is 13.0 Å². The number of carbonyl (C=O) groups is 2. The van der Waals surface area contributed by atoms with Crippen molar-refractivity contribution in [3.63, 3.8) is 0 Å². The number of nitrogens with one attached hydrogen (secondary N) is 1. The first-order valence-corrected chi connectivity index (χ1v) is 8.13. The Morgan fingerprint density at radius 1 is 1.19 bits per heavy atom. The van der Waals surface area contributed by atoms with Crippen LogP contribution in [0.1, 0.15) is 18.5 Å². The van der Waals surface area contributed by atoms with Crippen molar-refractivity contribution in [2.24, 2.45) is 0 Å². The van der Waals surface area contributed by atoms with Gasteiger partial charge in [0.2, 0.25) is 0 Å². The monoisotopic (exact) mass is 367 g/mol. The summed E-state index contributed by atoms with van der Waals surface area (Å²) < 4.78 is 4.90. The molecule has 0 spiro atoms. The highest BCUT2D eigenvalue weighted by Crippen LogP contribution is 2.34. The number of benzene rings is 2. The van der Waals surface area contributed by atoms with Crippen LogP contribution in [0, 0.1) is 10.1 Å². The molecule has 0 fully saturated rings. The molecule has 138 valence electrons. The number of para-hydroxylation sites is 1. The number of ether oxygens (including phenoxy) is 1. The Kier molecular flexibility index (Phi) is 4.89. The van der Waals surface area contributed by atoms with Crippen molar-refractivity contribution < 1.29 is 19.2 Å². The van der Waals surface area contributed by atoms with E-state index in [1.807, 2.05) is 6.07 Å². The fourth-order valence-corrected chi connectivity index (χ4v) is 3.07. The smallest absolute Gasteiger partial charge is 0.337 e. The Morgan fingerprint density at radius 3 is 2.52 bits per heavy atom. The number of carbonyl (C=O) groups excluding carboxylic acids is 2. The molecule has 8 nitrogen and oxygen atoms in total. The number of nitro groups is 1. The molecule has 2 amide bonds. The van der Waals surface area contributed by atoms with Crippen molar-refractivity contribution in [3.05, 3.63) is 81.5 Å². The molecule has 0 saturated heterocycles. The zero-order valence-electron chi connectivity index (χ0n) is 14.7. The topological polar surface area (TPSA) is 102 Å². The van der Waals surface area contributed by atoms with Crippen LogP contribution in [0.15, 0.2) is 65.9 Å². The van der Waals surface area contributed by atoms with Crippen LogP contribution in [0.3, 0.4) is 0 Å². The first-order valence-electron chi connectivity index (χ1n) is 8.13. The van der Waals surface area contributed by atoms with E-state index in [9.17, 15) is 19.7 Å². The Hall–Kier alpha value is -3.68. The van der Waals surface area contributed by atoms with Crippen LogP contribution >= 0.6 is 0 Å². The molecule has 0 aromatic heterocycles. The highest BCUT2D eigenvalue weighted by atomic mass is 16.6. The fraction of sp³-hybridized carbons (Fsp3) is 0.158. The summed E-state index contributed by atoms with van der Waals surface area (Å²) >= 11 is 0. The van der Waals surface area contributed by atoms with Crippen molar-refractivity contribution in [1.29, 1.82) is 0 Å². The predicted octanol–water partition coefficient (Wildman–Crippen LogP) is 3.31. The molecule has 1 N–H and O–H groups in total. The summed E-state index contributed by atoms with van der Waals surface area (Å²) in [5, 5.41) is 13.8. The molecule has 1 heterocycles. The molecule has 0 bridgehead atoms. The van der Waals surface area contributed by atoms with Gasteiger partial charge in [0.05, 0.1) is 29.3 Å². The number of non-ortho nitro benzene ring substituents is 1. The molecule has 0 aliphatic carbocycles. The van der Waals surface area contributed by atoms with Gasteiger partial charge in [-0.2, -0.15) is 0 Å². The number of nitrogens with zero attached hydrogens (tertiary/aromatic N) is 2. The number of rotatable bonds is 4. The van der Waals surface area contributed by atoms with E-state index in [0.29, 0.717) is 16.9 Å². The first-order chi connectivity index (χ1) is 12.9. The lowest BCUT2D eigenvalue weighted by Crippen LogP contribution is -2.48. The van der Waals surface area contributed by atoms with Gasteiger partial charge in [0.25, 0.3) is 5.69 Å². The van der Waals surface area contributed by atoms with E-state index in [1.54, 1.807) is 37.3 Å². The van der Waals surface area contributed by atoms with E-state index in [0.717, 1.165) is 0 Å². The van der Waals surface area contributed by atoms with E-state index in [1.165, 1.54) is 30.2 Å². The Balaban J connectivity index is 2.14. The Bertz CT molecular complexity index is 939. The number of nitro benzene ring substituents is 1. The lowest BCUT2D eigenvalue weighted by Gasteiger charge is -2.35. The molecule has 0 radical (unpaired) electrons. The lowest BCUT2D eigenvalue weighted by atomic mass is 9.94. The molecule has 1 atom stereocenters. The van der Waals surface area contributed by atoms with E-state index >= 15 is 0 Å². The van der Waals surface area contributed by atoms with E-state index in [-0.39, 0.29) is 11.3 Å². The third kappa shape index (κ3) is 3.37. The number of urea groups is 1. The Labute approximate surface area is 155 Å². The number of hydrogen-bond acceptors (Lipinski definition) is 5. The number of methoxy groups -OCH3 is 1. The normalized spacial score (nSPS) is 16.7. The SMILES string of the molecule is COC(=O)C1=C(C)N(c2ccccc2)C(=O)N[C@H]1c1cccc([N+](=O)[O-])c1. The molecule has 0 unspecified atom stereocenters. The van der Waals surface area contributed by atoms with E-state index < -0.39 is 23.0 Å². The summed E-state index contributed by atoms with van der Waals surface area (Å²) in [7, 11) is 1.25. The molecular formula is C19H17N3O5. The molecule has 2 aromatic carbocycles. The summed E-state index contributed by atoms with van der Waals surface area (Å²) in [6.45, 7) is 1.64. The summed E-state index contributed by atoms with van der Waals surface area (Å²) in [6.07, 6.45) is 0. The zero-order chi connectivity index (χ0) is 19.6. The van der Waals surface area contributed by atoms with Gasteiger partial charge in [-0.25, -0.2) is 9.59 Å². The predicted molar refractivity (Wildman–Crippen MR) is 98.0 cm³/mol. The largest absolute Gasteiger partial charge is 0.466 e. The second-order valence-corrected chi connectivity index (χ2v) is 5.90. The van der Waals surface area contributed by atoms with Crippen LogP contribution in [0.5, 0.6) is 0 Å². The van der Waals surface area contributed by atoms with Gasteiger partial charge in [0.15, 0.2) is 0 Å². The van der Waals surface area contributed by atoms with E-state index in [4.69, 9.17) is 4.74 Å². The minimum atomic E-state index is -0.857. The van der Waals surface area contributed by atoms with Gasteiger partial charge < -0.3 is 10.1 Å². The minimum absolute atomic E-state index is 0.130. The van der Waals surface area contributed by atoms with Crippen molar-refractivity contribution in [2.75, 3.05) is 12.0 Å². The number of anilines is 1. The van der Waals surface area contributed by atoms with Gasteiger partial charge in [-0.3, -0.25) is 15.0 Å². The highest BCUT2D eigenvalue weighted by Gasteiger charge is 2.37. The molecule has 2 aromatic rings. The molecule has 27 heavy (non-hydrogen) atoms. The molecule has 8 heteroatoms. The fourth-order valence-electron chi connectivity index (χ4n) is 3.07. The zero-order valence-corrected chi connectivity index (χ0v) is 14.7. The molecule has 0 saturated carbocycles. The third-order valence-corrected chi connectivity index (χ3v) is 4.32. The van der Waals surface area contributed by atoms with Crippen molar-refractivity contribution >= 4 is 23.4 Å². The average molecular weight is 367 g/mol. The summed E-state index contributed by atoms with van der Waals surface area (Å²) in [6, 6.07) is 13.4. The number of esters is 1. The van der Waals surface area contributed by atoms with Gasteiger partial charge in [0, 0.05) is 17.8 Å². The first kappa shape index (κ1) is 18.1. The van der Waals surface area contributed by atoms with Crippen LogP contribution in [-0.2, 0) is 9.53 Å². The standard InChI is InChI=1S/C19H17N3O5/c1-12-16(18(23)27-2)17(13-7-6-10-15(11-13)22(25)26)20-19(24)21(12)14-8-4-3-5-9-14/h3-11,17H,1-2H3,(H,20,24)/t17-/m0/s1. The van der Waals surface area contributed by atoms with Crippen LogP contribution < -0.4 is 10.2 Å². The number of amides is 2. The maximum atomic E-state index is 12.8. The van der Waals surface area contributed by atoms with Crippen molar-refractivity contribution in [3.8, 4) is 0 Å². The summed E-state index contributed by atoms with van der Waals surface area (Å²) in [5.74, 6) is -0.620. The molecule has 1 aliphatic heterocycles. The minimum Gasteiger partial charge on any atom is -0.466 e. The number of hydrogen-bond donors (Lipinski definition) is 1. The molecular weight excluding hydrogens is 350 g/mol. The summed E-state index contributed by atoms with van der Waals surface area (Å²) in [5.41, 5.74) is 1.49. The van der Waals surface area contributed by atoms with Gasteiger partial charge in [-0.05, 0) is 24.6 Å². The van der Waals surface area contributed by atoms with Crippen LogP contribution in [0.4, 0.5) is 16.2 Å².